The van der Waals surface area contributed by atoms with Crippen LogP contribution < -0.4 is 11.6 Å². The minimum atomic E-state index is 0.648. The number of nitrogens with two attached hydrogens (primary N) is 2. The molecule has 0 aliphatic rings. The van der Waals surface area contributed by atoms with Crippen LogP contribution in [-0.4, -0.2) is 14.9 Å². The maximum atomic E-state index is 5.56. The summed E-state index contributed by atoms with van der Waals surface area (Å²) in [5.74, 6) is 5.56. The molecule has 0 atom stereocenters. The Morgan fingerprint density at radius 3 is 2.50 bits per heavy atom. The lowest BCUT2D eigenvalue weighted by atomic mass is 10.3. The molecule has 5 nitrogen and oxygen atoms in total. The molecular weight excluding hydrogens is 198 g/mol. The Kier molecular flexibility index (Phi) is 2.28. The van der Waals surface area contributed by atoms with Crippen molar-refractivity contribution < 1.29 is 0 Å². The second kappa shape index (κ2) is 3.59. The summed E-state index contributed by atoms with van der Waals surface area (Å²) in [5.41, 5.74) is 6.30. The highest BCUT2D eigenvalue weighted by Crippen LogP contribution is 2.25. The SMILES string of the molecule is Nc1ccc(Sc2nncn2N)cc1. The van der Waals surface area contributed by atoms with E-state index in [0.717, 1.165) is 10.6 Å². The molecule has 1 heterocycles. The molecule has 72 valence electrons. The number of rotatable bonds is 2. The molecule has 2 rings (SSSR count). The van der Waals surface area contributed by atoms with Gasteiger partial charge in [0.05, 0.1) is 0 Å². The fourth-order valence-corrected chi connectivity index (χ4v) is 1.67. The second-order valence-corrected chi connectivity index (χ2v) is 3.73. The number of nitrogen functional groups attached to an aromatic ring is 2. The van der Waals surface area contributed by atoms with Crippen LogP contribution in [0.4, 0.5) is 5.69 Å². The summed E-state index contributed by atoms with van der Waals surface area (Å²) in [7, 11) is 0. The molecule has 0 saturated heterocycles. The van der Waals surface area contributed by atoms with Gasteiger partial charge in [0.15, 0.2) is 0 Å². The highest BCUT2D eigenvalue weighted by Gasteiger charge is 2.03. The third-order valence-electron chi connectivity index (χ3n) is 1.63. The predicted molar refractivity (Wildman–Crippen MR) is 55.1 cm³/mol. The number of hydrogen-bond acceptors (Lipinski definition) is 5. The Balaban J connectivity index is 2.19. The van der Waals surface area contributed by atoms with E-state index < -0.39 is 0 Å². The van der Waals surface area contributed by atoms with Gasteiger partial charge in [-0.05, 0) is 36.0 Å². The van der Waals surface area contributed by atoms with Crippen molar-refractivity contribution in [3.63, 3.8) is 0 Å². The van der Waals surface area contributed by atoms with Crippen LogP contribution in [0, 0.1) is 0 Å². The second-order valence-electron chi connectivity index (χ2n) is 2.69. The number of benzene rings is 1. The van der Waals surface area contributed by atoms with E-state index >= 15 is 0 Å². The van der Waals surface area contributed by atoms with Gasteiger partial charge in [-0.1, -0.05) is 0 Å². The van der Waals surface area contributed by atoms with Gasteiger partial charge in [0.2, 0.25) is 5.16 Å². The monoisotopic (exact) mass is 207 g/mol. The van der Waals surface area contributed by atoms with Gasteiger partial charge in [-0.3, -0.25) is 0 Å². The van der Waals surface area contributed by atoms with Crippen molar-refractivity contribution in [2.24, 2.45) is 0 Å². The number of aromatic nitrogens is 3. The van der Waals surface area contributed by atoms with Crippen molar-refractivity contribution >= 4 is 17.4 Å². The summed E-state index contributed by atoms with van der Waals surface area (Å²) < 4.78 is 1.38. The fourth-order valence-electron chi connectivity index (χ4n) is 0.946. The summed E-state index contributed by atoms with van der Waals surface area (Å²) in [6.07, 6.45) is 1.46. The van der Waals surface area contributed by atoms with Crippen LogP contribution in [0.3, 0.4) is 0 Å². The van der Waals surface area contributed by atoms with Crippen LogP contribution in [0.1, 0.15) is 0 Å². The molecule has 0 bridgehead atoms. The number of hydrogen-bond donors (Lipinski definition) is 2. The van der Waals surface area contributed by atoms with Gasteiger partial charge in [-0.15, -0.1) is 10.2 Å². The van der Waals surface area contributed by atoms with Crippen molar-refractivity contribution in [2.45, 2.75) is 10.1 Å². The molecule has 0 unspecified atom stereocenters. The van der Waals surface area contributed by atoms with Crippen LogP contribution >= 0.6 is 11.8 Å². The molecule has 14 heavy (non-hydrogen) atoms. The van der Waals surface area contributed by atoms with Gasteiger partial charge in [0, 0.05) is 10.6 Å². The zero-order valence-electron chi connectivity index (χ0n) is 7.29. The van der Waals surface area contributed by atoms with Gasteiger partial charge in [-0.25, -0.2) is 4.68 Å². The van der Waals surface area contributed by atoms with Gasteiger partial charge in [0.25, 0.3) is 0 Å². The van der Waals surface area contributed by atoms with Crippen LogP contribution in [0.2, 0.25) is 0 Å². The smallest absolute Gasteiger partial charge is 0.214 e. The van der Waals surface area contributed by atoms with Crippen molar-refractivity contribution in [3.05, 3.63) is 30.6 Å². The standard InChI is InChI=1S/C8H9N5S/c9-6-1-3-7(4-2-6)14-8-12-11-5-13(8)10/h1-5H,9-10H2. The van der Waals surface area contributed by atoms with E-state index in [4.69, 9.17) is 11.6 Å². The highest BCUT2D eigenvalue weighted by molar-refractivity contribution is 7.99. The van der Waals surface area contributed by atoms with E-state index in [9.17, 15) is 0 Å². The maximum absolute atomic E-state index is 5.56. The lowest BCUT2D eigenvalue weighted by Crippen LogP contribution is -2.07. The molecule has 2 aromatic rings. The molecule has 1 aromatic carbocycles. The Hall–Kier alpha value is -1.69. The number of nitrogens with zero attached hydrogens (tertiary/aromatic N) is 3. The van der Waals surface area contributed by atoms with Crippen molar-refractivity contribution in [1.29, 1.82) is 0 Å². The van der Waals surface area contributed by atoms with Crippen LogP contribution in [0.5, 0.6) is 0 Å². The quantitative estimate of drug-likeness (QED) is 0.560. The average Bonchev–Trinajstić information content (AvgIpc) is 2.56. The first kappa shape index (κ1) is 8.89. The van der Waals surface area contributed by atoms with Crippen molar-refractivity contribution in [2.75, 3.05) is 11.6 Å². The third kappa shape index (κ3) is 1.80. The van der Waals surface area contributed by atoms with Gasteiger partial charge in [0.1, 0.15) is 6.33 Å². The molecule has 0 aliphatic heterocycles. The zero-order chi connectivity index (χ0) is 9.97. The fraction of sp³-hybridized carbons (Fsp3) is 0. The van der Waals surface area contributed by atoms with Gasteiger partial charge in [-0.2, -0.15) is 0 Å². The molecule has 0 saturated carbocycles. The summed E-state index contributed by atoms with van der Waals surface area (Å²) in [6.45, 7) is 0. The van der Waals surface area contributed by atoms with Crippen LogP contribution in [-0.2, 0) is 0 Å². The molecule has 0 fully saturated rings. The highest BCUT2D eigenvalue weighted by atomic mass is 32.2. The first-order valence-electron chi connectivity index (χ1n) is 3.94. The lowest BCUT2D eigenvalue weighted by Gasteiger charge is -2.00. The van der Waals surface area contributed by atoms with Gasteiger partial charge < -0.3 is 11.6 Å². The molecule has 4 N–H and O–H groups in total. The minimum absolute atomic E-state index is 0.648. The Bertz CT molecular complexity index is 422. The summed E-state index contributed by atoms with van der Waals surface area (Å²) >= 11 is 1.44. The molecular formula is C8H9N5S. The summed E-state index contributed by atoms with van der Waals surface area (Å²) in [5, 5.41) is 8.18. The molecule has 0 amide bonds. The number of anilines is 1. The average molecular weight is 207 g/mol. The largest absolute Gasteiger partial charge is 0.399 e. The first-order valence-corrected chi connectivity index (χ1v) is 4.76. The topological polar surface area (TPSA) is 82.8 Å². The molecule has 0 aliphatic carbocycles. The zero-order valence-corrected chi connectivity index (χ0v) is 8.11. The Morgan fingerprint density at radius 2 is 1.93 bits per heavy atom. The maximum Gasteiger partial charge on any atom is 0.214 e. The van der Waals surface area contributed by atoms with Gasteiger partial charge >= 0.3 is 0 Å². The predicted octanol–water partition coefficient (Wildman–Crippen LogP) is 0.725. The summed E-state index contributed by atoms with van der Waals surface area (Å²) in [6, 6.07) is 7.49. The van der Waals surface area contributed by atoms with E-state index in [1.165, 1.54) is 22.8 Å². The van der Waals surface area contributed by atoms with Crippen molar-refractivity contribution in [3.8, 4) is 0 Å². The first-order chi connectivity index (χ1) is 6.75. The van der Waals surface area contributed by atoms with E-state index in [0.29, 0.717) is 5.16 Å². The minimum Gasteiger partial charge on any atom is -0.399 e. The van der Waals surface area contributed by atoms with Crippen LogP contribution in [0.15, 0.2) is 40.6 Å². The van der Waals surface area contributed by atoms with Crippen LogP contribution in [0.25, 0.3) is 0 Å². The normalized spacial score (nSPS) is 10.3. The Labute approximate surface area is 85.1 Å². The van der Waals surface area contributed by atoms with E-state index in [-0.39, 0.29) is 0 Å². The molecule has 6 heteroatoms. The third-order valence-corrected chi connectivity index (χ3v) is 2.61. The van der Waals surface area contributed by atoms with E-state index in [1.54, 1.807) is 0 Å². The molecule has 1 aromatic heterocycles. The summed E-state index contributed by atoms with van der Waals surface area (Å²) in [4.78, 5) is 1.03. The van der Waals surface area contributed by atoms with Crippen molar-refractivity contribution in [1.82, 2.24) is 14.9 Å². The van der Waals surface area contributed by atoms with E-state index in [1.807, 2.05) is 24.3 Å². The molecule has 0 radical (unpaired) electrons. The van der Waals surface area contributed by atoms with E-state index in [2.05, 4.69) is 10.2 Å². The molecule has 0 spiro atoms. The Morgan fingerprint density at radius 1 is 1.21 bits per heavy atom. The lowest BCUT2D eigenvalue weighted by molar-refractivity contribution is 0.846.